The van der Waals surface area contributed by atoms with Crippen LogP contribution >= 0.6 is 11.6 Å². The molecule has 0 saturated carbocycles. The van der Waals surface area contributed by atoms with Crippen LogP contribution in [0.2, 0.25) is 5.02 Å². The van der Waals surface area contributed by atoms with Crippen molar-refractivity contribution in [2.45, 2.75) is 13.8 Å². The van der Waals surface area contributed by atoms with Crippen molar-refractivity contribution in [2.75, 3.05) is 0 Å². The van der Waals surface area contributed by atoms with Crippen molar-refractivity contribution in [1.82, 2.24) is 5.01 Å². The lowest BCUT2D eigenvalue weighted by molar-refractivity contribution is -0.114. The molecule has 2 aliphatic rings. The minimum absolute atomic E-state index is 0.318. The maximum absolute atomic E-state index is 12.0. The van der Waals surface area contributed by atoms with Crippen LogP contribution in [0.25, 0.3) is 6.08 Å². The highest BCUT2D eigenvalue weighted by molar-refractivity contribution is 6.43. The third-order valence-corrected chi connectivity index (χ3v) is 3.30. The second-order valence-corrected chi connectivity index (χ2v) is 4.93. The normalized spacial score (nSPS) is 19.8. The Hall–Kier alpha value is -2.27. The third kappa shape index (κ3) is 2.16. The maximum atomic E-state index is 12.0. The van der Waals surface area contributed by atoms with E-state index >= 15 is 0 Å². The first-order valence-corrected chi connectivity index (χ1v) is 6.44. The van der Waals surface area contributed by atoms with Gasteiger partial charge in [0.1, 0.15) is 5.70 Å². The number of carbonyl (C=O) groups is 1. The number of hydrogen-bond acceptors (Lipinski definition) is 4. The number of hydrazone groups is 1. The van der Waals surface area contributed by atoms with E-state index in [1.165, 1.54) is 5.01 Å². The second kappa shape index (κ2) is 4.68. The Balaban J connectivity index is 2.00. The van der Waals surface area contributed by atoms with Crippen LogP contribution in [-0.4, -0.2) is 28.3 Å². The summed E-state index contributed by atoms with van der Waals surface area (Å²) in [6, 6.07) is 7.19. The molecular weight excluding hydrogens is 276 g/mol. The molecule has 2 heterocycles. The maximum Gasteiger partial charge on any atom is 0.299 e. The molecule has 0 spiro atoms. The molecule has 100 valence electrons. The van der Waals surface area contributed by atoms with Gasteiger partial charge >= 0.3 is 0 Å². The van der Waals surface area contributed by atoms with Gasteiger partial charge in [-0.3, -0.25) is 4.79 Å². The molecule has 0 unspecified atom stereocenters. The number of halogens is 1. The van der Waals surface area contributed by atoms with Crippen LogP contribution in [0.5, 0.6) is 0 Å². The molecule has 6 heteroatoms. The van der Waals surface area contributed by atoms with Crippen molar-refractivity contribution in [2.24, 2.45) is 15.1 Å². The Morgan fingerprint density at radius 3 is 2.50 bits per heavy atom. The highest BCUT2D eigenvalue weighted by Crippen LogP contribution is 2.23. The van der Waals surface area contributed by atoms with E-state index in [4.69, 9.17) is 11.6 Å². The predicted molar refractivity (Wildman–Crippen MR) is 79.9 cm³/mol. The van der Waals surface area contributed by atoms with E-state index in [9.17, 15) is 4.79 Å². The SMILES string of the molecule is CC1=NC2=NC(=O)C(=Cc3ccc(Cl)cc3)N2N=C1C. The number of carbonyl (C=O) groups excluding carboxylic acids is 1. The van der Waals surface area contributed by atoms with Gasteiger partial charge in [0.2, 0.25) is 0 Å². The number of guanidine groups is 1. The molecule has 0 bridgehead atoms. The summed E-state index contributed by atoms with van der Waals surface area (Å²) in [7, 11) is 0. The fourth-order valence-corrected chi connectivity index (χ4v) is 1.98. The van der Waals surface area contributed by atoms with Crippen LogP contribution in [0.1, 0.15) is 19.4 Å². The Bertz CT molecular complexity index is 713. The van der Waals surface area contributed by atoms with Gasteiger partial charge in [0, 0.05) is 5.02 Å². The Morgan fingerprint density at radius 1 is 1.10 bits per heavy atom. The molecule has 3 rings (SSSR count). The number of amides is 1. The first kappa shape index (κ1) is 12.7. The fourth-order valence-electron chi connectivity index (χ4n) is 1.86. The van der Waals surface area contributed by atoms with E-state index in [1.807, 2.05) is 26.0 Å². The summed E-state index contributed by atoms with van der Waals surface area (Å²) in [5, 5.41) is 6.46. The van der Waals surface area contributed by atoms with Crippen LogP contribution in [0.3, 0.4) is 0 Å². The topological polar surface area (TPSA) is 57.4 Å². The van der Waals surface area contributed by atoms with Gasteiger partial charge in [0.05, 0.1) is 11.4 Å². The molecule has 0 aromatic heterocycles. The fraction of sp³-hybridized carbons (Fsp3) is 0.143. The minimum atomic E-state index is -0.343. The number of fused-ring (bicyclic) bond motifs is 1. The zero-order chi connectivity index (χ0) is 14.3. The second-order valence-electron chi connectivity index (χ2n) is 4.49. The summed E-state index contributed by atoms with van der Waals surface area (Å²) in [4.78, 5) is 20.1. The molecule has 1 amide bonds. The Kier molecular flexibility index (Phi) is 2.99. The molecular formula is C14H11ClN4O. The van der Waals surface area contributed by atoms with Crippen molar-refractivity contribution in [3.63, 3.8) is 0 Å². The largest absolute Gasteiger partial charge is 0.299 e. The lowest BCUT2D eigenvalue weighted by Gasteiger charge is -2.18. The van der Waals surface area contributed by atoms with Gasteiger partial charge in [-0.2, -0.15) is 15.1 Å². The highest BCUT2D eigenvalue weighted by atomic mass is 35.5. The molecule has 20 heavy (non-hydrogen) atoms. The summed E-state index contributed by atoms with van der Waals surface area (Å²) in [6.07, 6.45) is 1.72. The summed E-state index contributed by atoms with van der Waals surface area (Å²) in [5.41, 5.74) is 2.77. The van der Waals surface area contributed by atoms with E-state index in [-0.39, 0.29) is 5.91 Å². The Labute approximate surface area is 121 Å². The van der Waals surface area contributed by atoms with E-state index in [0.29, 0.717) is 16.7 Å². The summed E-state index contributed by atoms with van der Waals surface area (Å²) >= 11 is 5.84. The Morgan fingerprint density at radius 2 is 1.80 bits per heavy atom. The molecule has 1 aromatic rings. The van der Waals surface area contributed by atoms with Gasteiger partial charge < -0.3 is 0 Å². The number of benzene rings is 1. The van der Waals surface area contributed by atoms with E-state index < -0.39 is 0 Å². The summed E-state index contributed by atoms with van der Waals surface area (Å²) in [6.45, 7) is 3.68. The lowest BCUT2D eigenvalue weighted by Crippen LogP contribution is -2.28. The minimum Gasteiger partial charge on any atom is -0.265 e. The average molecular weight is 287 g/mol. The highest BCUT2D eigenvalue weighted by Gasteiger charge is 2.32. The number of aliphatic imine (C=N–C) groups is 2. The standard InChI is InChI=1S/C14H11ClN4O/c1-8-9(2)18-19-12(13(20)17-14(19)16-8)7-10-3-5-11(15)6-4-10/h3-7H,1-2H3. The smallest absolute Gasteiger partial charge is 0.265 e. The first-order valence-electron chi connectivity index (χ1n) is 6.06. The van der Waals surface area contributed by atoms with Crippen LogP contribution in [0.15, 0.2) is 45.0 Å². The zero-order valence-corrected chi connectivity index (χ0v) is 11.7. The lowest BCUT2D eigenvalue weighted by atomic mass is 10.2. The van der Waals surface area contributed by atoms with Gasteiger partial charge in [-0.1, -0.05) is 23.7 Å². The van der Waals surface area contributed by atoms with Crippen LogP contribution in [0, 0.1) is 0 Å². The summed E-state index contributed by atoms with van der Waals surface area (Å²) in [5.74, 6) is -0.0248. The van der Waals surface area contributed by atoms with E-state index in [1.54, 1.807) is 18.2 Å². The quantitative estimate of drug-likeness (QED) is 0.745. The number of rotatable bonds is 1. The molecule has 0 radical (unpaired) electrons. The molecule has 1 aromatic carbocycles. The third-order valence-electron chi connectivity index (χ3n) is 3.05. The van der Waals surface area contributed by atoms with Gasteiger partial charge in [-0.15, -0.1) is 0 Å². The molecule has 5 nitrogen and oxygen atoms in total. The monoisotopic (exact) mass is 286 g/mol. The molecule has 2 aliphatic heterocycles. The van der Waals surface area contributed by atoms with Crippen LogP contribution in [-0.2, 0) is 4.79 Å². The molecule has 0 N–H and O–H groups in total. The molecule has 0 fully saturated rings. The van der Waals surface area contributed by atoms with Crippen molar-refractivity contribution in [1.29, 1.82) is 0 Å². The van der Waals surface area contributed by atoms with Crippen molar-refractivity contribution < 1.29 is 4.79 Å². The zero-order valence-electron chi connectivity index (χ0n) is 11.0. The van der Waals surface area contributed by atoms with Crippen molar-refractivity contribution >= 4 is 41.0 Å². The number of hydrogen-bond donors (Lipinski definition) is 0. The predicted octanol–water partition coefficient (Wildman–Crippen LogP) is 2.73. The molecule has 0 atom stereocenters. The average Bonchev–Trinajstić information content (AvgIpc) is 2.69. The van der Waals surface area contributed by atoms with Crippen LogP contribution in [0.4, 0.5) is 0 Å². The molecule has 0 aliphatic carbocycles. The van der Waals surface area contributed by atoms with E-state index in [0.717, 1.165) is 17.0 Å². The first-order chi connectivity index (χ1) is 9.54. The van der Waals surface area contributed by atoms with Gasteiger partial charge in [-0.05, 0) is 37.6 Å². The van der Waals surface area contributed by atoms with Crippen molar-refractivity contribution in [3.8, 4) is 0 Å². The van der Waals surface area contributed by atoms with Gasteiger partial charge in [-0.25, -0.2) is 4.99 Å². The van der Waals surface area contributed by atoms with Gasteiger partial charge in [0.25, 0.3) is 11.9 Å². The van der Waals surface area contributed by atoms with Crippen LogP contribution < -0.4 is 0 Å². The number of nitrogens with zero attached hydrogens (tertiary/aromatic N) is 4. The van der Waals surface area contributed by atoms with Gasteiger partial charge in [0.15, 0.2) is 0 Å². The molecule has 0 saturated heterocycles. The summed E-state index contributed by atoms with van der Waals surface area (Å²) < 4.78 is 0. The van der Waals surface area contributed by atoms with E-state index in [2.05, 4.69) is 15.1 Å². The van der Waals surface area contributed by atoms with Crippen molar-refractivity contribution in [3.05, 3.63) is 40.5 Å².